The molecule has 0 aliphatic heterocycles. The summed E-state index contributed by atoms with van der Waals surface area (Å²) >= 11 is 11.8. The zero-order chi connectivity index (χ0) is 16.8. The fourth-order valence-electron chi connectivity index (χ4n) is 2.26. The summed E-state index contributed by atoms with van der Waals surface area (Å²) in [7, 11) is 0. The molecule has 2 aromatic carbocycles. The van der Waals surface area contributed by atoms with Crippen LogP contribution < -0.4 is 4.90 Å². The van der Waals surface area contributed by atoms with Gasteiger partial charge in [-0.05, 0) is 55.8 Å². The minimum Gasteiger partial charge on any atom is -0.457 e. The van der Waals surface area contributed by atoms with Crippen molar-refractivity contribution >= 4 is 34.9 Å². The normalized spacial score (nSPS) is 10.4. The van der Waals surface area contributed by atoms with E-state index in [2.05, 4.69) is 18.7 Å². The van der Waals surface area contributed by atoms with Crippen LogP contribution in [-0.4, -0.2) is 19.1 Å². The Labute approximate surface area is 146 Å². The number of nitrogens with zero attached hydrogens (tertiary/aromatic N) is 1. The first-order valence-corrected chi connectivity index (χ1v) is 8.26. The van der Waals surface area contributed by atoms with Crippen LogP contribution in [0.1, 0.15) is 29.8 Å². The van der Waals surface area contributed by atoms with E-state index < -0.39 is 0 Å². The smallest absolute Gasteiger partial charge is 0.338 e. The molecule has 0 saturated carbocycles. The maximum Gasteiger partial charge on any atom is 0.338 e. The van der Waals surface area contributed by atoms with E-state index in [0.29, 0.717) is 15.6 Å². The molecule has 0 bridgehead atoms. The lowest BCUT2D eigenvalue weighted by Crippen LogP contribution is -2.21. The van der Waals surface area contributed by atoms with Gasteiger partial charge in [0.2, 0.25) is 0 Å². The van der Waals surface area contributed by atoms with E-state index in [1.807, 2.05) is 12.1 Å². The Kier molecular flexibility index (Phi) is 6.31. The van der Waals surface area contributed by atoms with E-state index in [9.17, 15) is 4.79 Å². The molecule has 0 amide bonds. The first kappa shape index (κ1) is 17.6. The molecule has 2 aromatic rings. The highest BCUT2D eigenvalue weighted by atomic mass is 35.5. The minimum atomic E-state index is -0.359. The van der Waals surface area contributed by atoms with Crippen LogP contribution in [0.2, 0.25) is 10.0 Å². The molecule has 0 heterocycles. The molecule has 0 aromatic heterocycles. The van der Waals surface area contributed by atoms with Gasteiger partial charge in [-0.1, -0.05) is 29.3 Å². The lowest BCUT2D eigenvalue weighted by Gasteiger charge is -2.20. The van der Waals surface area contributed by atoms with Gasteiger partial charge >= 0.3 is 5.97 Å². The molecule has 122 valence electrons. The van der Waals surface area contributed by atoms with Crippen molar-refractivity contribution < 1.29 is 9.53 Å². The van der Waals surface area contributed by atoms with Gasteiger partial charge < -0.3 is 9.64 Å². The van der Waals surface area contributed by atoms with Gasteiger partial charge in [-0.3, -0.25) is 0 Å². The van der Waals surface area contributed by atoms with E-state index in [0.717, 1.165) is 24.3 Å². The van der Waals surface area contributed by atoms with Crippen molar-refractivity contribution in [3.63, 3.8) is 0 Å². The molecule has 0 spiro atoms. The third-order valence-electron chi connectivity index (χ3n) is 3.59. The van der Waals surface area contributed by atoms with Crippen LogP contribution in [0.15, 0.2) is 42.5 Å². The fourth-order valence-corrected chi connectivity index (χ4v) is 2.58. The van der Waals surface area contributed by atoms with Crippen LogP contribution >= 0.6 is 23.2 Å². The number of esters is 1. The SMILES string of the molecule is CCN(CC)c1ccc(C(=O)OCc2ccc(Cl)c(Cl)c2)cc1. The predicted molar refractivity (Wildman–Crippen MR) is 95.6 cm³/mol. The van der Waals surface area contributed by atoms with Gasteiger partial charge in [0.05, 0.1) is 15.6 Å². The Hall–Kier alpha value is -1.71. The molecule has 0 radical (unpaired) electrons. The van der Waals surface area contributed by atoms with Crippen molar-refractivity contribution in [3.8, 4) is 0 Å². The van der Waals surface area contributed by atoms with Crippen LogP contribution in [0.3, 0.4) is 0 Å². The van der Waals surface area contributed by atoms with Crippen LogP contribution in [0, 0.1) is 0 Å². The summed E-state index contributed by atoms with van der Waals surface area (Å²) in [5, 5.41) is 0.928. The lowest BCUT2D eigenvalue weighted by molar-refractivity contribution is 0.0473. The largest absolute Gasteiger partial charge is 0.457 e. The molecule has 3 nitrogen and oxygen atoms in total. The number of anilines is 1. The average molecular weight is 352 g/mol. The molecule has 0 saturated heterocycles. The van der Waals surface area contributed by atoms with E-state index in [4.69, 9.17) is 27.9 Å². The molecule has 2 rings (SSSR count). The lowest BCUT2D eigenvalue weighted by atomic mass is 10.2. The van der Waals surface area contributed by atoms with Crippen molar-refractivity contribution in [3.05, 3.63) is 63.6 Å². The second kappa shape index (κ2) is 8.23. The summed E-state index contributed by atoms with van der Waals surface area (Å²) in [4.78, 5) is 14.3. The van der Waals surface area contributed by atoms with Gasteiger partial charge in [0.1, 0.15) is 6.61 Å². The van der Waals surface area contributed by atoms with Crippen molar-refractivity contribution in [1.29, 1.82) is 0 Å². The molecule has 23 heavy (non-hydrogen) atoms. The second-order valence-corrected chi connectivity index (χ2v) is 5.86. The number of carbonyl (C=O) groups excluding carboxylic acids is 1. The molecule has 0 aliphatic carbocycles. The van der Waals surface area contributed by atoms with Gasteiger partial charge in [-0.15, -0.1) is 0 Å². The number of carbonyl (C=O) groups is 1. The topological polar surface area (TPSA) is 29.5 Å². The highest BCUT2D eigenvalue weighted by molar-refractivity contribution is 6.42. The van der Waals surface area contributed by atoms with Crippen molar-refractivity contribution in [1.82, 2.24) is 0 Å². The molecule has 0 fully saturated rings. The molecule has 0 atom stereocenters. The van der Waals surface area contributed by atoms with Gasteiger partial charge in [-0.25, -0.2) is 4.79 Å². The first-order valence-electron chi connectivity index (χ1n) is 7.51. The Morgan fingerprint density at radius 2 is 1.65 bits per heavy atom. The monoisotopic (exact) mass is 351 g/mol. The summed E-state index contributed by atoms with van der Waals surface area (Å²) in [6.45, 7) is 6.22. The molecular weight excluding hydrogens is 333 g/mol. The number of hydrogen-bond acceptors (Lipinski definition) is 3. The molecule has 0 aliphatic rings. The number of benzene rings is 2. The maximum absolute atomic E-state index is 12.1. The molecular formula is C18H19Cl2NO2. The number of ether oxygens (including phenoxy) is 1. The summed E-state index contributed by atoms with van der Waals surface area (Å²) in [6, 6.07) is 12.6. The summed E-state index contributed by atoms with van der Waals surface area (Å²) in [5.74, 6) is -0.359. The summed E-state index contributed by atoms with van der Waals surface area (Å²) < 4.78 is 5.31. The second-order valence-electron chi connectivity index (χ2n) is 5.04. The van der Waals surface area contributed by atoms with Crippen LogP contribution in [0.25, 0.3) is 0 Å². The summed E-state index contributed by atoms with van der Waals surface area (Å²) in [5.41, 5.74) is 2.42. The van der Waals surface area contributed by atoms with E-state index in [1.165, 1.54) is 0 Å². The van der Waals surface area contributed by atoms with Gasteiger partial charge in [0.15, 0.2) is 0 Å². The zero-order valence-electron chi connectivity index (χ0n) is 13.2. The highest BCUT2D eigenvalue weighted by Crippen LogP contribution is 2.23. The van der Waals surface area contributed by atoms with Gasteiger partial charge in [-0.2, -0.15) is 0 Å². The van der Waals surface area contributed by atoms with Crippen molar-refractivity contribution in [2.24, 2.45) is 0 Å². The third kappa shape index (κ3) is 4.63. The fraction of sp³-hybridized carbons (Fsp3) is 0.278. The van der Waals surface area contributed by atoms with E-state index >= 15 is 0 Å². The van der Waals surface area contributed by atoms with Gasteiger partial charge in [0.25, 0.3) is 0 Å². The number of halogens is 2. The summed E-state index contributed by atoms with van der Waals surface area (Å²) in [6.07, 6.45) is 0. The Balaban J connectivity index is 1.99. The maximum atomic E-state index is 12.1. The number of rotatable bonds is 6. The van der Waals surface area contributed by atoms with Crippen LogP contribution in [-0.2, 0) is 11.3 Å². The standard InChI is InChI=1S/C18H19Cl2NO2/c1-3-21(4-2)15-8-6-14(7-9-15)18(22)23-12-13-5-10-16(19)17(20)11-13/h5-11H,3-4,12H2,1-2H3. The predicted octanol–water partition coefficient (Wildman–Crippen LogP) is 5.20. The van der Waals surface area contributed by atoms with Crippen LogP contribution in [0.4, 0.5) is 5.69 Å². The number of hydrogen-bond donors (Lipinski definition) is 0. The quantitative estimate of drug-likeness (QED) is 0.670. The van der Waals surface area contributed by atoms with Crippen molar-refractivity contribution in [2.75, 3.05) is 18.0 Å². The Morgan fingerprint density at radius 1 is 1.00 bits per heavy atom. The first-order chi connectivity index (χ1) is 11.0. The van der Waals surface area contributed by atoms with E-state index in [1.54, 1.807) is 30.3 Å². The van der Waals surface area contributed by atoms with Crippen molar-refractivity contribution in [2.45, 2.75) is 20.5 Å². The van der Waals surface area contributed by atoms with Crippen LogP contribution in [0.5, 0.6) is 0 Å². The van der Waals surface area contributed by atoms with E-state index in [-0.39, 0.29) is 12.6 Å². The highest BCUT2D eigenvalue weighted by Gasteiger charge is 2.09. The Morgan fingerprint density at radius 3 is 2.22 bits per heavy atom. The zero-order valence-corrected chi connectivity index (χ0v) is 14.7. The third-order valence-corrected chi connectivity index (χ3v) is 4.32. The molecule has 0 unspecified atom stereocenters. The Bertz CT molecular complexity index is 667. The molecule has 0 N–H and O–H groups in total. The average Bonchev–Trinajstić information content (AvgIpc) is 2.57. The molecule has 5 heteroatoms. The minimum absolute atomic E-state index is 0.160. The van der Waals surface area contributed by atoms with Gasteiger partial charge in [0, 0.05) is 18.8 Å².